The van der Waals surface area contributed by atoms with Crippen molar-refractivity contribution >= 4 is 16.8 Å². The molecule has 4 rings (SSSR count). The van der Waals surface area contributed by atoms with E-state index in [0.29, 0.717) is 19.8 Å². The fraction of sp³-hybridized carbons (Fsp3) is 0.500. The minimum Gasteiger partial charge on any atom is -0.373 e. The maximum Gasteiger partial charge on any atom is 0.240 e. The van der Waals surface area contributed by atoms with Crippen molar-refractivity contribution in [3.63, 3.8) is 0 Å². The normalized spacial score (nSPS) is 27.6. The Morgan fingerprint density at radius 3 is 2.87 bits per heavy atom. The van der Waals surface area contributed by atoms with Crippen molar-refractivity contribution < 1.29 is 14.3 Å². The molecule has 2 heterocycles. The van der Waals surface area contributed by atoms with Gasteiger partial charge in [0.25, 0.3) is 0 Å². The van der Waals surface area contributed by atoms with Gasteiger partial charge in [-0.3, -0.25) is 4.79 Å². The van der Waals surface area contributed by atoms with E-state index in [-0.39, 0.29) is 24.2 Å². The quantitative estimate of drug-likeness (QED) is 0.944. The van der Waals surface area contributed by atoms with E-state index in [1.165, 1.54) is 0 Å². The van der Waals surface area contributed by atoms with E-state index in [1.807, 2.05) is 35.0 Å². The van der Waals surface area contributed by atoms with Crippen molar-refractivity contribution in [2.45, 2.75) is 44.1 Å². The number of hydrogen-bond donors (Lipinski definition) is 1. The zero-order valence-electron chi connectivity index (χ0n) is 13.1. The Kier molecular flexibility index (Phi) is 4.06. The standard InChI is InChI=1S/C18H22N2O3/c21-18(12-20-8-7-13-3-1-2-4-15(13)20)19-14-5-6-16-17(11-14)23-10-9-22-16/h1-4,7-8,14,16-17H,5-6,9-12H2,(H,19,21)/t14-,16-,17+/m1/s1. The van der Waals surface area contributed by atoms with Gasteiger partial charge in [0, 0.05) is 17.8 Å². The molecule has 2 aromatic rings. The van der Waals surface area contributed by atoms with Crippen molar-refractivity contribution in [2.75, 3.05) is 13.2 Å². The molecule has 1 saturated carbocycles. The van der Waals surface area contributed by atoms with Crippen LogP contribution in [0.2, 0.25) is 0 Å². The number of carbonyl (C=O) groups is 1. The largest absolute Gasteiger partial charge is 0.373 e. The van der Waals surface area contributed by atoms with Gasteiger partial charge < -0.3 is 19.4 Å². The summed E-state index contributed by atoms with van der Waals surface area (Å²) in [5, 5.41) is 4.32. The van der Waals surface area contributed by atoms with E-state index in [1.54, 1.807) is 0 Å². The number of carbonyl (C=O) groups excluding carboxylic acids is 1. The van der Waals surface area contributed by atoms with Crippen LogP contribution in [-0.2, 0) is 20.8 Å². The van der Waals surface area contributed by atoms with Crippen molar-refractivity contribution in [3.8, 4) is 0 Å². The maximum absolute atomic E-state index is 12.4. The van der Waals surface area contributed by atoms with Crippen molar-refractivity contribution in [1.29, 1.82) is 0 Å². The summed E-state index contributed by atoms with van der Waals surface area (Å²) in [6.45, 7) is 1.71. The lowest BCUT2D eigenvalue weighted by Crippen LogP contribution is -2.49. The Balaban J connectivity index is 1.36. The van der Waals surface area contributed by atoms with E-state index < -0.39 is 0 Å². The second kappa shape index (κ2) is 6.34. The Morgan fingerprint density at radius 2 is 1.96 bits per heavy atom. The van der Waals surface area contributed by atoms with Crippen molar-refractivity contribution in [2.24, 2.45) is 0 Å². The van der Waals surface area contributed by atoms with Gasteiger partial charge in [0.1, 0.15) is 6.54 Å². The third-order valence-electron chi connectivity index (χ3n) is 4.84. The number of benzene rings is 1. The molecule has 0 bridgehead atoms. The summed E-state index contributed by atoms with van der Waals surface area (Å²) in [6.07, 6.45) is 5.09. The minimum absolute atomic E-state index is 0.0616. The molecule has 0 spiro atoms. The number of fused-ring (bicyclic) bond motifs is 2. The zero-order chi connectivity index (χ0) is 15.6. The summed E-state index contributed by atoms with van der Waals surface area (Å²) in [4.78, 5) is 12.4. The lowest BCUT2D eigenvalue weighted by molar-refractivity contribution is -0.158. The molecule has 122 valence electrons. The molecule has 1 N–H and O–H groups in total. The van der Waals surface area contributed by atoms with Crippen molar-refractivity contribution in [1.82, 2.24) is 9.88 Å². The smallest absolute Gasteiger partial charge is 0.240 e. The number of ether oxygens (including phenoxy) is 2. The van der Waals surface area contributed by atoms with Crippen LogP contribution in [-0.4, -0.2) is 41.9 Å². The van der Waals surface area contributed by atoms with Gasteiger partial charge in [-0.1, -0.05) is 18.2 Å². The molecular weight excluding hydrogens is 292 g/mol. The fourth-order valence-corrected chi connectivity index (χ4v) is 3.70. The monoisotopic (exact) mass is 314 g/mol. The number of aromatic nitrogens is 1. The van der Waals surface area contributed by atoms with Gasteiger partial charge in [0.05, 0.1) is 25.4 Å². The van der Waals surface area contributed by atoms with Crippen LogP contribution in [0.1, 0.15) is 19.3 Å². The van der Waals surface area contributed by atoms with Gasteiger partial charge in [0.2, 0.25) is 5.91 Å². The highest BCUT2D eigenvalue weighted by Gasteiger charge is 2.34. The highest BCUT2D eigenvalue weighted by atomic mass is 16.6. The molecule has 1 aliphatic carbocycles. The van der Waals surface area contributed by atoms with E-state index in [2.05, 4.69) is 11.4 Å². The van der Waals surface area contributed by atoms with Gasteiger partial charge in [-0.25, -0.2) is 0 Å². The summed E-state index contributed by atoms with van der Waals surface area (Å²) in [5.74, 6) is 0.0616. The SMILES string of the molecule is O=C(Cn1ccc2ccccc21)N[C@@H]1CC[C@H]2OCCO[C@H]2C1. The summed E-state index contributed by atoms with van der Waals surface area (Å²) in [5.41, 5.74) is 1.09. The molecular formula is C18H22N2O3. The molecule has 1 aromatic heterocycles. The van der Waals surface area contributed by atoms with Crippen LogP contribution in [0.3, 0.4) is 0 Å². The van der Waals surface area contributed by atoms with Crippen LogP contribution in [0, 0.1) is 0 Å². The molecule has 2 aliphatic rings. The van der Waals surface area contributed by atoms with Gasteiger partial charge in [-0.2, -0.15) is 0 Å². The lowest BCUT2D eigenvalue weighted by atomic mass is 9.89. The molecule has 0 unspecified atom stereocenters. The van der Waals surface area contributed by atoms with Crippen LogP contribution >= 0.6 is 0 Å². The average molecular weight is 314 g/mol. The predicted octanol–water partition coefficient (Wildman–Crippen LogP) is 2.09. The molecule has 23 heavy (non-hydrogen) atoms. The summed E-state index contributed by atoms with van der Waals surface area (Å²) >= 11 is 0. The second-order valence-electron chi connectivity index (χ2n) is 6.40. The first-order chi connectivity index (χ1) is 11.3. The number of hydrogen-bond acceptors (Lipinski definition) is 3. The van der Waals surface area contributed by atoms with E-state index in [4.69, 9.17) is 9.47 Å². The Morgan fingerprint density at radius 1 is 1.13 bits per heavy atom. The molecule has 1 saturated heterocycles. The van der Waals surface area contributed by atoms with Gasteiger partial charge in [-0.15, -0.1) is 0 Å². The Bertz CT molecular complexity index is 696. The van der Waals surface area contributed by atoms with Crippen LogP contribution in [0.25, 0.3) is 10.9 Å². The molecule has 0 radical (unpaired) electrons. The average Bonchev–Trinajstić information content (AvgIpc) is 2.98. The molecule has 5 nitrogen and oxygen atoms in total. The van der Waals surface area contributed by atoms with Crippen LogP contribution in [0.4, 0.5) is 0 Å². The fourth-order valence-electron chi connectivity index (χ4n) is 3.70. The van der Waals surface area contributed by atoms with E-state index >= 15 is 0 Å². The first-order valence-corrected chi connectivity index (χ1v) is 8.36. The van der Waals surface area contributed by atoms with Crippen LogP contribution in [0.5, 0.6) is 0 Å². The molecule has 2 fully saturated rings. The predicted molar refractivity (Wildman–Crippen MR) is 87.2 cm³/mol. The number of nitrogens with zero attached hydrogens (tertiary/aromatic N) is 1. The van der Waals surface area contributed by atoms with Gasteiger partial charge in [0.15, 0.2) is 0 Å². The Hall–Kier alpha value is -1.85. The van der Waals surface area contributed by atoms with E-state index in [0.717, 1.165) is 30.2 Å². The topological polar surface area (TPSA) is 52.5 Å². The highest BCUT2D eigenvalue weighted by Crippen LogP contribution is 2.26. The number of nitrogens with one attached hydrogen (secondary N) is 1. The van der Waals surface area contributed by atoms with Gasteiger partial charge in [-0.05, 0) is 36.8 Å². The van der Waals surface area contributed by atoms with Gasteiger partial charge >= 0.3 is 0 Å². The third kappa shape index (κ3) is 3.12. The highest BCUT2D eigenvalue weighted by molar-refractivity contribution is 5.83. The molecule has 3 atom stereocenters. The second-order valence-corrected chi connectivity index (χ2v) is 6.40. The zero-order valence-corrected chi connectivity index (χ0v) is 13.1. The lowest BCUT2D eigenvalue weighted by Gasteiger charge is -2.39. The molecule has 1 aliphatic heterocycles. The number of amides is 1. The minimum atomic E-state index is 0.0616. The first-order valence-electron chi connectivity index (χ1n) is 8.36. The number of rotatable bonds is 3. The summed E-state index contributed by atoms with van der Waals surface area (Å²) < 4.78 is 13.5. The maximum atomic E-state index is 12.4. The number of para-hydroxylation sites is 1. The summed E-state index contributed by atoms with van der Waals surface area (Å²) in [6, 6.07) is 10.3. The summed E-state index contributed by atoms with van der Waals surface area (Å²) in [7, 11) is 0. The Labute approximate surface area is 135 Å². The third-order valence-corrected chi connectivity index (χ3v) is 4.84. The van der Waals surface area contributed by atoms with Crippen LogP contribution < -0.4 is 5.32 Å². The first kappa shape index (κ1) is 14.7. The molecule has 1 aromatic carbocycles. The van der Waals surface area contributed by atoms with Crippen molar-refractivity contribution in [3.05, 3.63) is 36.5 Å². The molecule has 1 amide bonds. The van der Waals surface area contributed by atoms with Crippen LogP contribution in [0.15, 0.2) is 36.5 Å². The van der Waals surface area contributed by atoms with E-state index in [9.17, 15) is 4.79 Å². The molecule has 5 heteroatoms.